The zero-order valence-electron chi connectivity index (χ0n) is 20.9. The highest BCUT2D eigenvalue weighted by atomic mass is 19.3. The molecule has 0 atom stereocenters. The number of unbranched alkanes of at least 4 members (excludes halogenated alkanes) is 2. The van der Waals surface area contributed by atoms with Crippen LogP contribution in [0.2, 0.25) is 0 Å². The molecule has 1 nitrogen and oxygen atoms in total. The maximum atomic E-state index is 14.8. The summed E-state index contributed by atoms with van der Waals surface area (Å²) in [7, 11) is 0. The van der Waals surface area contributed by atoms with Crippen molar-refractivity contribution >= 4 is 0 Å². The molecule has 0 N–H and O–H groups in total. The lowest BCUT2D eigenvalue weighted by molar-refractivity contribution is -0.133. The maximum Gasteiger partial charge on any atom is 0.419 e. The van der Waals surface area contributed by atoms with Gasteiger partial charge in [0.1, 0.15) is 0 Å². The van der Waals surface area contributed by atoms with Gasteiger partial charge in [0.2, 0.25) is 5.82 Å². The lowest BCUT2D eigenvalue weighted by atomic mass is 9.77. The number of alkyl halides is 2. The summed E-state index contributed by atoms with van der Waals surface area (Å²) in [5.74, 6) is -1.71. The second-order valence-electron chi connectivity index (χ2n) is 10.6. The van der Waals surface area contributed by atoms with E-state index >= 15 is 0 Å². The topological polar surface area (TPSA) is 9.23 Å². The molecule has 0 unspecified atom stereocenters. The van der Waals surface area contributed by atoms with E-state index in [-0.39, 0.29) is 17.4 Å². The van der Waals surface area contributed by atoms with E-state index in [0.717, 1.165) is 69.9 Å². The summed E-state index contributed by atoms with van der Waals surface area (Å²) in [4.78, 5) is 0. The standard InChI is InChI=1S/C29H42F4O/c1-3-5-6-8-22-9-11-23(12-10-22)19-20-29(32,33)34-26-18-17-25(27(30)28(26)31)24-15-13-21(7-4-2)14-16-24/h17-24H,3-16H2,1-2H3. The first-order valence-electron chi connectivity index (χ1n) is 13.6. The lowest BCUT2D eigenvalue weighted by Gasteiger charge is -2.29. The minimum absolute atomic E-state index is 0.0610. The fraction of sp³-hybridized carbons (Fsp3) is 0.724. The maximum absolute atomic E-state index is 14.8. The molecule has 192 valence electrons. The highest BCUT2D eigenvalue weighted by molar-refractivity contribution is 5.34. The largest absolute Gasteiger partial charge is 0.426 e. The van der Waals surface area contributed by atoms with Crippen LogP contribution in [0.1, 0.15) is 115 Å². The van der Waals surface area contributed by atoms with Crippen LogP contribution in [0.3, 0.4) is 0 Å². The van der Waals surface area contributed by atoms with Crippen molar-refractivity contribution in [1.82, 2.24) is 0 Å². The SMILES string of the molecule is CCCCCC1CCC(C=CC(F)(F)Oc2ccc(C3CCC(CCC)CC3)c(F)c2F)CC1. The van der Waals surface area contributed by atoms with Gasteiger partial charge in [-0.2, -0.15) is 13.2 Å². The van der Waals surface area contributed by atoms with E-state index < -0.39 is 23.5 Å². The third-order valence-electron chi connectivity index (χ3n) is 7.98. The number of allylic oxidation sites excluding steroid dienone is 1. The average Bonchev–Trinajstić information content (AvgIpc) is 2.83. The molecule has 2 saturated carbocycles. The van der Waals surface area contributed by atoms with Crippen molar-refractivity contribution in [2.24, 2.45) is 17.8 Å². The first-order valence-corrected chi connectivity index (χ1v) is 13.6. The minimum atomic E-state index is -3.68. The van der Waals surface area contributed by atoms with Crippen molar-refractivity contribution in [3.8, 4) is 5.75 Å². The Labute approximate surface area is 203 Å². The van der Waals surface area contributed by atoms with Gasteiger partial charge in [-0.1, -0.05) is 64.5 Å². The second kappa shape index (κ2) is 13.0. The Kier molecular flexibility index (Phi) is 10.3. The first-order chi connectivity index (χ1) is 16.3. The van der Waals surface area contributed by atoms with Crippen LogP contribution in [-0.4, -0.2) is 6.11 Å². The number of hydrogen-bond acceptors (Lipinski definition) is 1. The first kappa shape index (κ1) is 27.1. The van der Waals surface area contributed by atoms with Crippen LogP contribution in [0.15, 0.2) is 24.3 Å². The van der Waals surface area contributed by atoms with E-state index in [2.05, 4.69) is 18.6 Å². The summed E-state index contributed by atoms with van der Waals surface area (Å²) in [6.07, 6.45) is 13.3. The summed E-state index contributed by atoms with van der Waals surface area (Å²) in [6, 6.07) is 2.59. The molecule has 1 aromatic carbocycles. The van der Waals surface area contributed by atoms with E-state index in [4.69, 9.17) is 0 Å². The molecular formula is C29H42F4O. The monoisotopic (exact) mass is 482 g/mol. The summed E-state index contributed by atoms with van der Waals surface area (Å²) in [5.41, 5.74) is 0.286. The van der Waals surface area contributed by atoms with Gasteiger partial charge in [-0.3, -0.25) is 0 Å². The van der Waals surface area contributed by atoms with E-state index in [1.807, 2.05) is 0 Å². The van der Waals surface area contributed by atoms with Crippen LogP contribution in [0, 0.1) is 29.4 Å². The molecule has 2 fully saturated rings. The third-order valence-corrected chi connectivity index (χ3v) is 7.98. The quantitative estimate of drug-likeness (QED) is 0.173. The van der Waals surface area contributed by atoms with Gasteiger partial charge in [-0.15, -0.1) is 0 Å². The molecule has 1 aromatic rings. The van der Waals surface area contributed by atoms with Crippen LogP contribution >= 0.6 is 0 Å². The highest BCUT2D eigenvalue weighted by Crippen LogP contribution is 2.40. The van der Waals surface area contributed by atoms with Crippen LogP contribution < -0.4 is 4.74 Å². The molecule has 0 radical (unpaired) electrons. The Morgan fingerprint density at radius 3 is 2.12 bits per heavy atom. The van der Waals surface area contributed by atoms with Crippen LogP contribution in [-0.2, 0) is 0 Å². The van der Waals surface area contributed by atoms with Gasteiger partial charge in [0.05, 0.1) is 0 Å². The Morgan fingerprint density at radius 2 is 1.47 bits per heavy atom. The van der Waals surface area contributed by atoms with Crippen LogP contribution in [0.5, 0.6) is 5.75 Å². The lowest BCUT2D eigenvalue weighted by Crippen LogP contribution is -2.23. The van der Waals surface area contributed by atoms with Crippen molar-refractivity contribution < 1.29 is 22.3 Å². The minimum Gasteiger partial charge on any atom is -0.426 e. The normalized spacial score (nSPS) is 26.2. The fourth-order valence-electron chi connectivity index (χ4n) is 5.89. The molecule has 0 amide bonds. The zero-order chi connectivity index (χ0) is 24.6. The van der Waals surface area contributed by atoms with Gasteiger partial charge in [0.25, 0.3) is 0 Å². The van der Waals surface area contributed by atoms with Crippen LogP contribution in [0.4, 0.5) is 17.6 Å². The van der Waals surface area contributed by atoms with Crippen molar-refractivity contribution in [1.29, 1.82) is 0 Å². The molecule has 2 aliphatic rings. The van der Waals surface area contributed by atoms with Gasteiger partial charge in [0, 0.05) is 6.08 Å². The molecule has 5 heteroatoms. The summed E-state index contributed by atoms with van der Waals surface area (Å²) < 4.78 is 62.9. The van der Waals surface area contributed by atoms with E-state index in [1.54, 1.807) is 0 Å². The average molecular weight is 483 g/mol. The van der Waals surface area contributed by atoms with E-state index in [1.165, 1.54) is 44.2 Å². The Balaban J connectivity index is 1.54. The number of ether oxygens (including phenoxy) is 1. The van der Waals surface area contributed by atoms with Crippen molar-refractivity contribution in [2.45, 2.75) is 116 Å². The Morgan fingerprint density at radius 1 is 0.824 bits per heavy atom. The highest BCUT2D eigenvalue weighted by Gasteiger charge is 2.32. The predicted molar refractivity (Wildman–Crippen MR) is 130 cm³/mol. The molecule has 0 bridgehead atoms. The van der Waals surface area contributed by atoms with Gasteiger partial charge < -0.3 is 4.74 Å². The van der Waals surface area contributed by atoms with Crippen LogP contribution in [0.25, 0.3) is 0 Å². The van der Waals surface area contributed by atoms with Crippen molar-refractivity contribution in [3.63, 3.8) is 0 Å². The van der Waals surface area contributed by atoms with Crippen molar-refractivity contribution in [2.75, 3.05) is 0 Å². The van der Waals surface area contributed by atoms with Gasteiger partial charge in [-0.05, 0) is 86.7 Å². The van der Waals surface area contributed by atoms with Gasteiger partial charge >= 0.3 is 6.11 Å². The summed E-state index contributed by atoms with van der Waals surface area (Å²) in [5, 5.41) is 0. The molecular weight excluding hydrogens is 440 g/mol. The van der Waals surface area contributed by atoms with Gasteiger partial charge in [0.15, 0.2) is 11.6 Å². The Hall–Kier alpha value is -1.52. The molecule has 0 aromatic heterocycles. The second-order valence-corrected chi connectivity index (χ2v) is 10.6. The molecule has 2 aliphatic carbocycles. The summed E-state index contributed by atoms with van der Waals surface area (Å²) >= 11 is 0. The number of rotatable bonds is 11. The molecule has 0 saturated heterocycles. The fourth-order valence-corrected chi connectivity index (χ4v) is 5.89. The number of hydrogen-bond donors (Lipinski definition) is 0. The summed E-state index contributed by atoms with van der Waals surface area (Å²) in [6.45, 7) is 4.35. The molecule has 0 aliphatic heterocycles. The molecule has 34 heavy (non-hydrogen) atoms. The zero-order valence-corrected chi connectivity index (χ0v) is 20.9. The van der Waals surface area contributed by atoms with E-state index in [0.29, 0.717) is 11.8 Å². The molecule has 0 spiro atoms. The smallest absolute Gasteiger partial charge is 0.419 e. The Bertz CT molecular complexity index is 775. The predicted octanol–water partition coefficient (Wildman–Crippen LogP) is 9.95. The number of benzene rings is 1. The third kappa shape index (κ3) is 7.75. The molecule has 3 rings (SSSR count). The molecule has 0 heterocycles. The number of halogens is 4. The van der Waals surface area contributed by atoms with Gasteiger partial charge in [-0.25, -0.2) is 4.39 Å². The van der Waals surface area contributed by atoms with Crippen molar-refractivity contribution in [3.05, 3.63) is 41.5 Å². The van der Waals surface area contributed by atoms with E-state index in [9.17, 15) is 17.6 Å².